The quantitative estimate of drug-likeness (QED) is 0.168. The van der Waals surface area contributed by atoms with Crippen LogP contribution in [0, 0.1) is 0 Å². The first kappa shape index (κ1) is 24.8. The summed E-state index contributed by atoms with van der Waals surface area (Å²) in [6.45, 7) is 2.71. The summed E-state index contributed by atoms with van der Waals surface area (Å²) in [7, 11) is 0. The third kappa shape index (κ3) is 11.6. The molecule has 0 aliphatic carbocycles. The van der Waals surface area contributed by atoms with Crippen LogP contribution in [0.25, 0.3) is 0 Å². The third-order valence-corrected chi connectivity index (χ3v) is 5.00. The maximum Gasteiger partial charge on any atom is 0.311 e. The van der Waals surface area contributed by atoms with E-state index in [9.17, 15) is 9.59 Å². The summed E-state index contributed by atoms with van der Waals surface area (Å²) in [4.78, 5) is 23.5. The highest BCUT2D eigenvalue weighted by molar-refractivity contribution is 6.37. The Balaban J connectivity index is 1.97. The molecule has 0 amide bonds. The van der Waals surface area contributed by atoms with Gasteiger partial charge in [0.15, 0.2) is 5.75 Å². The van der Waals surface area contributed by atoms with E-state index in [1.807, 2.05) is 0 Å². The molecule has 0 aliphatic heterocycles. The van der Waals surface area contributed by atoms with E-state index in [-0.39, 0.29) is 17.7 Å². The number of carbonyl (C=O) groups excluding carboxylic acids is 2. The molecule has 158 valence electrons. The first-order valence-corrected chi connectivity index (χ1v) is 11.1. The van der Waals surface area contributed by atoms with E-state index in [0.717, 1.165) is 51.4 Å². The highest BCUT2D eigenvalue weighted by Crippen LogP contribution is 2.32. The molecule has 28 heavy (non-hydrogen) atoms. The molecule has 0 heterocycles. The Hall–Kier alpha value is -1.26. The van der Waals surface area contributed by atoms with E-state index in [1.54, 1.807) is 18.2 Å². The van der Waals surface area contributed by atoms with Crippen LogP contribution in [0.1, 0.15) is 84.0 Å². The second-order valence-electron chi connectivity index (χ2n) is 6.93. The van der Waals surface area contributed by atoms with Crippen LogP contribution in [0.3, 0.4) is 0 Å². The summed E-state index contributed by atoms with van der Waals surface area (Å²) >= 11 is 12.0. The molecular formula is C22H32Cl2O4. The zero-order valence-electron chi connectivity index (χ0n) is 16.8. The normalized spacial score (nSPS) is 10.7. The van der Waals surface area contributed by atoms with Gasteiger partial charge in [0, 0.05) is 12.8 Å². The number of hydrogen-bond acceptors (Lipinski definition) is 4. The molecule has 0 aromatic heterocycles. The summed E-state index contributed by atoms with van der Waals surface area (Å²) in [6, 6.07) is 4.98. The summed E-state index contributed by atoms with van der Waals surface area (Å²) in [5, 5.41) is 0.667. The van der Waals surface area contributed by atoms with Gasteiger partial charge >= 0.3 is 11.9 Å². The number of esters is 2. The minimum Gasteiger partial charge on any atom is -0.466 e. The van der Waals surface area contributed by atoms with Gasteiger partial charge in [0.2, 0.25) is 0 Å². The molecule has 4 nitrogen and oxygen atoms in total. The van der Waals surface area contributed by atoms with E-state index >= 15 is 0 Å². The minimum atomic E-state index is -0.323. The standard InChI is InChI=1S/C22H32Cl2O4/c1-2-3-4-11-17-27-20(25)15-9-7-5-6-8-10-16-21(26)28-22-18(23)13-12-14-19(22)24/h12-14H,2-11,15-17H2,1H3. The first-order valence-electron chi connectivity index (χ1n) is 10.3. The van der Waals surface area contributed by atoms with Crippen LogP contribution >= 0.6 is 23.2 Å². The van der Waals surface area contributed by atoms with Gasteiger partial charge in [-0.05, 0) is 31.4 Å². The van der Waals surface area contributed by atoms with Gasteiger partial charge in [0.1, 0.15) is 0 Å². The lowest BCUT2D eigenvalue weighted by Crippen LogP contribution is -2.08. The number of para-hydroxylation sites is 1. The predicted octanol–water partition coefficient (Wildman–Crippen LogP) is 7.14. The second-order valence-corrected chi connectivity index (χ2v) is 7.74. The van der Waals surface area contributed by atoms with Crippen molar-refractivity contribution in [3.8, 4) is 5.75 Å². The number of benzene rings is 1. The first-order chi connectivity index (χ1) is 13.5. The molecule has 0 saturated carbocycles. The van der Waals surface area contributed by atoms with Crippen molar-refractivity contribution < 1.29 is 19.1 Å². The fraction of sp³-hybridized carbons (Fsp3) is 0.636. The average molecular weight is 431 g/mol. The Morgan fingerprint density at radius 3 is 1.93 bits per heavy atom. The van der Waals surface area contributed by atoms with Crippen LogP contribution in [-0.2, 0) is 14.3 Å². The lowest BCUT2D eigenvalue weighted by Gasteiger charge is -2.08. The number of unbranched alkanes of at least 4 members (excludes halogenated alkanes) is 8. The van der Waals surface area contributed by atoms with Gasteiger partial charge in [0.25, 0.3) is 0 Å². The maximum absolute atomic E-state index is 11.9. The van der Waals surface area contributed by atoms with Crippen LogP contribution in [0.5, 0.6) is 5.75 Å². The van der Waals surface area contributed by atoms with Crippen molar-refractivity contribution in [3.05, 3.63) is 28.2 Å². The van der Waals surface area contributed by atoms with Crippen molar-refractivity contribution in [1.29, 1.82) is 0 Å². The lowest BCUT2D eigenvalue weighted by molar-refractivity contribution is -0.144. The fourth-order valence-electron chi connectivity index (χ4n) is 2.78. The van der Waals surface area contributed by atoms with E-state index < -0.39 is 0 Å². The van der Waals surface area contributed by atoms with Gasteiger partial charge in [-0.2, -0.15) is 0 Å². The molecule has 0 bridgehead atoms. The third-order valence-electron chi connectivity index (χ3n) is 4.41. The molecule has 6 heteroatoms. The van der Waals surface area contributed by atoms with Crippen molar-refractivity contribution in [2.45, 2.75) is 84.0 Å². The number of rotatable bonds is 15. The molecule has 0 fully saturated rings. The van der Waals surface area contributed by atoms with E-state index in [2.05, 4.69) is 6.92 Å². The summed E-state index contributed by atoms with van der Waals surface area (Å²) in [5.41, 5.74) is 0. The topological polar surface area (TPSA) is 52.6 Å². The highest BCUT2D eigenvalue weighted by Gasteiger charge is 2.11. The number of halogens is 2. The van der Waals surface area contributed by atoms with Gasteiger partial charge in [-0.15, -0.1) is 0 Å². The Bertz CT molecular complexity index is 570. The lowest BCUT2D eigenvalue weighted by atomic mass is 10.1. The summed E-state index contributed by atoms with van der Waals surface area (Å²) < 4.78 is 10.5. The Morgan fingerprint density at radius 1 is 0.786 bits per heavy atom. The molecule has 0 aliphatic rings. The average Bonchev–Trinajstić information content (AvgIpc) is 2.66. The van der Waals surface area contributed by atoms with Gasteiger partial charge in [-0.1, -0.05) is 81.1 Å². The molecule has 1 aromatic carbocycles. The monoisotopic (exact) mass is 430 g/mol. The van der Waals surface area contributed by atoms with Gasteiger partial charge in [-0.3, -0.25) is 9.59 Å². The van der Waals surface area contributed by atoms with Gasteiger partial charge in [-0.25, -0.2) is 0 Å². The Labute approximate surface area is 178 Å². The van der Waals surface area contributed by atoms with Crippen LogP contribution in [0.2, 0.25) is 10.0 Å². The van der Waals surface area contributed by atoms with Gasteiger partial charge < -0.3 is 9.47 Å². The molecule has 1 aromatic rings. The van der Waals surface area contributed by atoms with Crippen molar-refractivity contribution in [2.75, 3.05) is 6.61 Å². The molecule has 0 N–H and O–H groups in total. The van der Waals surface area contributed by atoms with Gasteiger partial charge in [0.05, 0.1) is 16.7 Å². The smallest absolute Gasteiger partial charge is 0.311 e. The second kappa shape index (κ2) is 15.6. The molecule has 0 radical (unpaired) electrons. The van der Waals surface area contributed by atoms with Crippen molar-refractivity contribution in [2.24, 2.45) is 0 Å². The van der Waals surface area contributed by atoms with Crippen molar-refractivity contribution >= 4 is 35.1 Å². The summed E-state index contributed by atoms with van der Waals surface area (Å²) in [6.07, 6.45) is 11.0. The largest absolute Gasteiger partial charge is 0.466 e. The number of carbonyl (C=O) groups is 2. The van der Waals surface area contributed by atoms with E-state index in [0.29, 0.717) is 29.5 Å². The van der Waals surface area contributed by atoms with Crippen LogP contribution in [0.15, 0.2) is 18.2 Å². The maximum atomic E-state index is 11.9. The van der Waals surface area contributed by atoms with Crippen molar-refractivity contribution in [3.63, 3.8) is 0 Å². The van der Waals surface area contributed by atoms with Crippen molar-refractivity contribution in [1.82, 2.24) is 0 Å². The highest BCUT2D eigenvalue weighted by atomic mass is 35.5. The molecule has 0 unspecified atom stereocenters. The Kier molecular flexibility index (Phi) is 13.8. The van der Waals surface area contributed by atoms with E-state index in [1.165, 1.54) is 12.8 Å². The molecule has 0 saturated heterocycles. The van der Waals surface area contributed by atoms with Crippen LogP contribution < -0.4 is 4.74 Å². The molecular weight excluding hydrogens is 399 g/mol. The number of hydrogen-bond donors (Lipinski definition) is 0. The SMILES string of the molecule is CCCCCCOC(=O)CCCCCCCCC(=O)Oc1c(Cl)cccc1Cl. The zero-order chi connectivity index (χ0) is 20.6. The molecule has 0 spiro atoms. The van der Waals surface area contributed by atoms with Crippen LogP contribution in [0.4, 0.5) is 0 Å². The Morgan fingerprint density at radius 2 is 1.32 bits per heavy atom. The summed E-state index contributed by atoms with van der Waals surface area (Å²) in [5.74, 6) is -0.178. The molecule has 0 atom stereocenters. The molecule has 1 rings (SSSR count). The fourth-order valence-corrected chi connectivity index (χ4v) is 3.25. The van der Waals surface area contributed by atoms with E-state index in [4.69, 9.17) is 32.7 Å². The minimum absolute atomic E-state index is 0.0857. The predicted molar refractivity (Wildman–Crippen MR) is 114 cm³/mol. The van der Waals surface area contributed by atoms with Crippen LogP contribution in [-0.4, -0.2) is 18.5 Å². The zero-order valence-corrected chi connectivity index (χ0v) is 18.3. The number of ether oxygens (including phenoxy) is 2.